The van der Waals surface area contributed by atoms with Gasteiger partial charge in [-0.3, -0.25) is 0 Å². The summed E-state index contributed by atoms with van der Waals surface area (Å²) in [5.41, 5.74) is -0.178. The van der Waals surface area contributed by atoms with Gasteiger partial charge < -0.3 is 4.74 Å². The van der Waals surface area contributed by atoms with Crippen molar-refractivity contribution in [2.24, 2.45) is 0 Å². The minimum absolute atomic E-state index is 0.178. The van der Waals surface area contributed by atoms with Crippen LogP contribution in [0.15, 0.2) is 16.7 Å². The van der Waals surface area contributed by atoms with Gasteiger partial charge in [0.1, 0.15) is 6.07 Å². The number of hydrogen-bond donors (Lipinski definition) is 0. The topological polar surface area (TPSA) is 45.9 Å². The molecule has 0 aromatic carbocycles. The lowest BCUT2D eigenvalue weighted by atomic mass is 10.3. The Labute approximate surface area is 91.6 Å². The third kappa shape index (κ3) is 3.75. The fourth-order valence-corrected chi connectivity index (χ4v) is 1.08. The van der Waals surface area contributed by atoms with Crippen molar-refractivity contribution in [1.82, 2.24) is 4.98 Å². The van der Waals surface area contributed by atoms with Gasteiger partial charge in [0, 0.05) is 10.7 Å². The van der Waals surface area contributed by atoms with Crippen molar-refractivity contribution in [1.29, 1.82) is 5.26 Å². The number of pyridine rings is 1. The smallest absolute Gasteiger partial charge is 0.422 e. The molecule has 0 spiro atoms. The number of halogens is 4. The Hall–Kier alpha value is -1.29. The molecule has 0 saturated carbocycles. The SMILES string of the molecule is N#Cc1ncc(Br)cc1OCC(F)(F)F. The van der Waals surface area contributed by atoms with Gasteiger partial charge in [-0.25, -0.2) is 4.98 Å². The van der Waals surface area contributed by atoms with Crippen LogP contribution in [0, 0.1) is 11.3 Å². The Morgan fingerprint density at radius 2 is 2.20 bits per heavy atom. The van der Waals surface area contributed by atoms with Crippen LogP contribution in [0.5, 0.6) is 5.75 Å². The number of alkyl halides is 3. The maximum Gasteiger partial charge on any atom is 0.422 e. The second-order valence-electron chi connectivity index (χ2n) is 2.52. The summed E-state index contributed by atoms with van der Waals surface area (Å²) in [6, 6.07) is 2.90. The molecule has 7 heteroatoms. The third-order valence-corrected chi connectivity index (χ3v) is 1.75. The van der Waals surface area contributed by atoms with Crippen LogP contribution in [0.3, 0.4) is 0 Å². The van der Waals surface area contributed by atoms with Crippen molar-refractivity contribution < 1.29 is 17.9 Å². The molecule has 0 unspecified atom stereocenters. The molecule has 1 rings (SSSR count). The first-order valence-electron chi connectivity index (χ1n) is 3.67. The summed E-state index contributed by atoms with van der Waals surface area (Å²) in [7, 11) is 0. The largest absolute Gasteiger partial charge is 0.481 e. The van der Waals surface area contributed by atoms with Crippen LogP contribution in [0.1, 0.15) is 5.69 Å². The molecule has 0 aliphatic rings. The highest BCUT2D eigenvalue weighted by Gasteiger charge is 2.29. The van der Waals surface area contributed by atoms with E-state index in [0.29, 0.717) is 4.47 Å². The maximum absolute atomic E-state index is 11.8. The van der Waals surface area contributed by atoms with Crippen LogP contribution in [-0.2, 0) is 0 Å². The van der Waals surface area contributed by atoms with E-state index in [1.165, 1.54) is 12.3 Å². The molecule has 1 aromatic rings. The Morgan fingerprint density at radius 1 is 1.53 bits per heavy atom. The molecular weight excluding hydrogens is 277 g/mol. The summed E-state index contributed by atoms with van der Waals surface area (Å²) in [5, 5.41) is 8.55. The molecule has 1 heterocycles. The van der Waals surface area contributed by atoms with Crippen molar-refractivity contribution in [2.75, 3.05) is 6.61 Å². The van der Waals surface area contributed by atoms with Gasteiger partial charge in [0.2, 0.25) is 0 Å². The van der Waals surface area contributed by atoms with Crippen molar-refractivity contribution in [3.63, 3.8) is 0 Å². The lowest BCUT2D eigenvalue weighted by Crippen LogP contribution is -2.19. The highest BCUT2D eigenvalue weighted by molar-refractivity contribution is 9.10. The molecule has 0 N–H and O–H groups in total. The zero-order valence-electron chi connectivity index (χ0n) is 7.18. The van der Waals surface area contributed by atoms with Gasteiger partial charge in [0.25, 0.3) is 0 Å². The second kappa shape index (κ2) is 4.49. The predicted molar refractivity (Wildman–Crippen MR) is 48.2 cm³/mol. The standard InChI is InChI=1S/C8H4BrF3N2O/c9-5-1-7(6(2-13)14-3-5)15-4-8(10,11)12/h1,3H,4H2. The summed E-state index contributed by atoms with van der Waals surface area (Å²) < 4.78 is 40.4. The average Bonchev–Trinajstić information content (AvgIpc) is 2.14. The van der Waals surface area contributed by atoms with Gasteiger partial charge in [0.15, 0.2) is 18.1 Å². The lowest BCUT2D eigenvalue weighted by Gasteiger charge is -2.09. The van der Waals surface area contributed by atoms with Crippen LogP contribution in [0.2, 0.25) is 0 Å². The van der Waals surface area contributed by atoms with E-state index in [-0.39, 0.29) is 11.4 Å². The van der Waals surface area contributed by atoms with Crippen LogP contribution in [0.4, 0.5) is 13.2 Å². The summed E-state index contributed by atoms with van der Waals surface area (Å²) in [4.78, 5) is 3.60. The summed E-state index contributed by atoms with van der Waals surface area (Å²) in [5.74, 6) is -0.191. The number of rotatable bonds is 2. The molecule has 0 radical (unpaired) electrons. The summed E-state index contributed by atoms with van der Waals surface area (Å²) in [6.07, 6.45) is -3.13. The minimum atomic E-state index is -4.44. The highest BCUT2D eigenvalue weighted by atomic mass is 79.9. The zero-order valence-corrected chi connectivity index (χ0v) is 8.76. The van der Waals surface area contributed by atoms with E-state index in [0.717, 1.165) is 0 Å². The van der Waals surface area contributed by atoms with Gasteiger partial charge in [0.05, 0.1) is 0 Å². The molecule has 0 aliphatic heterocycles. The van der Waals surface area contributed by atoms with Gasteiger partial charge in [-0.05, 0) is 22.0 Å². The Balaban J connectivity index is 2.85. The van der Waals surface area contributed by atoms with E-state index in [2.05, 4.69) is 25.7 Å². The molecule has 0 fully saturated rings. The van der Waals surface area contributed by atoms with E-state index < -0.39 is 12.8 Å². The fraction of sp³-hybridized carbons (Fsp3) is 0.250. The Kier molecular flexibility index (Phi) is 3.52. The molecule has 0 atom stereocenters. The first-order valence-corrected chi connectivity index (χ1v) is 4.47. The van der Waals surface area contributed by atoms with Crippen molar-refractivity contribution in [3.05, 3.63) is 22.4 Å². The first kappa shape index (κ1) is 11.8. The number of ether oxygens (including phenoxy) is 1. The molecule has 15 heavy (non-hydrogen) atoms. The van der Waals surface area contributed by atoms with E-state index in [9.17, 15) is 13.2 Å². The third-order valence-electron chi connectivity index (χ3n) is 1.32. The Morgan fingerprint density at radius 3 is 2.73 bits per heavy atom. The summed E-state index contributed by atoms with van der Waals surface area (Å²) >= 11 is 3.01. The van der Waals surface area contributed by atoms with E-state index in [1.54, 1.807) is 6.07 Å². The van der Waals surface area contributed by atoms with Gasteiger partial charge in [-0.1, -0.05) is 0 Å². The van der Waals surface area contributed by atoms with Gasteiger partial charge in [-0.15, -0.1) is 0 Å². The molecule has 0 saturated heterocycles. The second-order valence-corrected chi connectivity index (χ2v) is 3.43. The van der Waals surface area contributed by atoms with E-state index in [4.69, 9.17) is 5.26 Å². The van der Waals surface area contributed by atoms with E-state index in [1.807, 2.05) is 0 Å². The number of nitriles is 1. The van der Waals surface area contributed by atoms with Gasteiger partial charge in [-0.2, -0.15) is 18.4 Å². The first-order chi connectivity index (χ1) is 6.92. The highest BCUT2D eigenvalue weighted by Crippen LogP contribution is 2.23. The van der Waals surface area contributed by atoms with E-state index >= 15 is 0 Å². The predicted octanol–water partition coefficient (Wildman–Crippen LogP) is 2.66. The number of nitrogens with zero attached hydrogens (tertiary/aromatic N) is 2. The zero-order chi connectivity index (χ0) is 11.5. The molecule has 3 nitrogen and oxygen atoms in total. The number of hydrogen-bond acceptors (Lipinski definition) is 3. The summed E-state index contributed by atoms with van der Waals surface area (Å²) in [6.45, 7) is -1.44. The quantitative estimate of drug-likeness (QED) is 0.837. The van der Waals surface area contributed by atoms with Crippen LogP contribution in [0.25, 0.3) is 0 Å². The van der Waals surface area contributed by atoms with Crippen LogP contribution < -0.4 is 4.74 Å². The number of aromatic nitrogens is 1. The minimum Gasteiger partial charge on any atom is -0.481 e. The van der Waals surface area contributed by atoms with Crippen molar-refractivity contribution >= 4 is 15.9 Å². The van der Waals surface area contributed by atoms with Crippen LogP contribution in [-0.4, -0.2) is 17.8 Å². The molecular formula is C8H4BrF3N2O. The maximum atomic E-state index is 11.8. The lowest BCUT2D eigenvalue weighted by molar-refractivity contribution is -0.153. The fourth-order valence-electron chi connectivity index (χ4n) is 0.774. The van der Waals surface area contributed by atoms with Crippen molar-refractivity contribution in [3.8, 4) is 11.8 Å². The average molecular weight is 281 g/mol. The molecule has 0 bridgehead atoms. The van der Waals surface area contributed by atoms with Crippen LogP contribution >= 0.6 is 15.9 Å². The normalized spacial score (nSPS) is 10.9. The van der Waals surface area contributed by atoms with Gasteiger partial charge >= 0.3 is 6.18 Å². The monoisotopic (exact) mass is 280 g/mol. The molecule has 0 aliphatic carbocycles. The molecule has 0 amide bonds. The molecule has 1 aromatic heterocycles. The molecule has 80 valence electrons. The Bertz CT molecular complexity index is 400. The van der Waals surface area contributed by atoms with Crippen molar-refractivity contribution in [2.45, 2.75) is 6.18 Å².